The molecule has 9 heteroatoms. The first-order valence-electron chi connectivity index (χ1n) is 10.5. The molecule has 0 aliphatic carbocycles. The minimum atomic E-state index is 0.490. The van der Waals surface area contributed by atoms with Crippen molar-refractivity contribution >= 4 is 16.9 Å². The van der Waals surface area contributed by atoms with Crippen LogP contribution in [0.5, 0.6) is 0 Å². The van der Waals surface area contributed by atoms with Gasteiger partial charge < -0.3 is 19.0 Å². The van der Waals surface area contributed by atoms with E-state index in [2.05, 4.69) is 45.1 Å². The van der Waals surface area contributed by atoms with Gasteiger partial charge in [-0.25, -0.2) is 14.6 Å². The first kappa shape index (κ1) is 18.8. The van der Waals surface area contributed by atoms with Crippen LogP contribution in [0.1, 0.15) is 5.56 Å². The van der Waals surface area contributed by atoms with Gasteiger partial charge in [-0.15, -0.1) is 0 Å². The van der Waals surface area contributed by atoms with E-state index in [1.165, 1.54) is 5.56 Å². The maximum atomic E-state index is 6.14. The first-order valence-corrected chi connectivity index (χ1v) is 10.5. The Morgan fingerprint density at radius 3 is 2.78 bits per heavy atom. The second-order valence-electron chi connectivity index (χ2n) is 7.75. The SMILES string of the molecule is Cc1cccc(-c2cnn(-c3nc(N4CCOCC4)c4oc(-c5ncc[nH]5)cc4n3)c2)c1. The quantitative estimate of drug-likeness (QED) is 0.468. The number of morpholine rings is 1. The maximum Gasteiger partial charge on any atom is 0.253 e. The van der Waals surface area contributed by atoms with Crippen molar-refractivity contribution in [3.63, 3.8) is 0 Å². The molecule has 0 amide bonds. The van der Waals surface area contributed by atoms with Crippen LogP contribution in [0.3, 0.4) is 0 Å². The van der Waals surface area contributed by atoms with Gasteiger partial charge in [0.05, 0.1) is 19.4 Å². The third-order valence-electron chi connectivity index (χ3n) is 5.52. The van der Waals surface area contributed by atoms with Crippen LogP contribution in [0, 0.1) is 6.92 Å². The molecule has 0 saturated carbocycles. The monoisotopic (exact) mass is 427 g/mol. The molecule has 5 heterocycles. The Hall–Kier alpha value is -3.98. The fraction of sp³-hybridized carbons (Fsp3) is 0.217. The van der Waals surface area contributed by atoms with Crippen LogP contribution < -0.4 is 4.90 Å². The van der Waals surface area contributed by atoms with Gasteiger partial charge in [0.2, 0.25) is 0 Å². The van der Waals surface area contributed by atoms with Crippen LogP contribution in [0.2, 0.25) is 0 Å². The molecular weight excluding hydrogens is 406 g/mol. The summed E-state index contributed by atoms with van der Waals surface area (Å²) in [6, 6.07) is 10.2. The molecule has 0 spiro atoms. The molecule has 1 fully saturated rings. The van der Waals surface area contributed by atoms with E-state index in [0.29, 0.717) is 41.8 Å². The van der Waals surface area contributed by atoms with Crippen molar-refractivity contribution in [2.75, 3.05) is 31.2 Å². The van der Waals surface area contributed by atoms with E-state index in [-0.39, 0.29) is 0 Å². The minimum Gasteiger partial charge on any atom is -0.447 e. The molecule has 0 atom stereocenters. The lowest BCUT2D eigenvalue weighted by atomic mass is 10.1. The highest BCUT2D eigenvalue weighted by Gasteiger charge is 2.22. The Balaban J connectivity index is 1.47. The van der Waals surface area contributed by atoms with Gasteiger partial charge in [-0.2, -0.15) is 10.1 Å². The summed E-state index contributed by atoms with van der Waals surface area (Å²) >= 11 is 0. The fourth-order valence-corrected chi connectivity index (χ4v) is 3.92. The summed E-state index contributed by atoms with van der Waals surface area (Å²) in [5, 5.41) is 4.54. The summed E-state index contributed by atoms with van der Waals surface area (Å²) in [6.45, 7) is 4.83. The van der Waals surface area contributed by atoms with Gasteiger partial charge in [0.25, 0.3) is 5.95 Å². The highest BCUT2D eigenvalue weighted by Crippen LogP contribution is 2.32. The van der Waals surface area contributed by atoms with Crippen molar-refractivity contribution in [1.82, 2.24) is 29.7 Å². The number of furan rings is 1. The van der Waals surface area contributed by atoms with Gasteiger partial charge in [0.1, 0.15) is 5.52 Å². The number of benzene rings is 1. The highest BCUT2D eigenvalue weighted by molar-refractivity contribution is 5.88. The molecule has 1 aliphatic rings. The van der Waals surface area contributed by atoms with Gasteiger partial charge in [-0.1, -0.05) is 29.8 Å². The predicted molar refractivity (Wildman–Crippen MR) is 120 cm³/mol. The number of aryl methyl sites for hydroxylation is 1. The molecule has 4 aromatic heterocycles. The van der Waals surface area contributed by atoms with Crippen molar-refractivity contribution in [3.05, 3.63) is 60.7 Å². The molecule has 1 N–H and O–H groups in total. The van der Waals surface area contributed by atoms with Crippen molar-refractivity contribution in [3.8, 4) is 28.7 Å². The predicted octanol–water partition coefficient (Wildman–Crippen LogP) is 3.61. The molecule has 0 bridgehead atoms. The third kappa shape index (κ3) is 3.32. The third-order valence-corrected chi connectivity index (χ3v) is 5.52. The van der Waals surface area contributed by atoms with E-state index in [0.717, 1.165) is 30.0 Å². The van der Waals surface area contributed by atoms with Crippen molar-refractivity contribution in [1.29, 1.82) is 0 Å². The zero-order valence-corrected chi connectivity index (χ0v) is 17.5. The average molecular weight is 427 g/mol. The molecular formula is C23H21N7O2. The normalized spacial score (nSPS) is 14.3. The van der Waals surface area contributed by atoms with Crippen LogP contribution in [-0.2, 0) is 4.74 Å². The number of hydrogen-bond donors (Lipinski definition) is 1. The van der Waals surface area contributed by atoms with Crippen molar-refractivity contribution < 1.29 is 9.15 Å². The van der Waals surface area contributed by atoms with E-state index in [1.54, 1.807) is 17.1 Å². The lowest BCUT2D eigenvalue weighted by molar-refractivity contribution is 0.122. The maximum absolute atomic E-state index is 6.14. The standard InChI is InChI=1S/C23H21N7O2/c1-15-3-2-4-16(11-15)17-13-26-30(14-17)23-27-18-12-19(21-24-5-6-25-21)32-20(18)22(28-23)29-7-9-31-10-8-29/h2-6,11-14H,7-10H2,1H3,(H,24,25). The number of rotatable bonds is 4. The zero-order chi connectivity index (χ0) is 21.5. The number of anilines is 1. The van der Waals surface area contributed by atoms with Crippen molar-refractivity contribution in [2.45, 2.75) is 6.92 Å². The Labute approximate surface area is 183 Å². The molecule has 5 aromatic rings. The van der Waals surface area contributed by atoms with Crippen LogP contribution >= 0.6 is 0 Å². The molecule has 1 aromatic carbocycles. The van der Waals surface area contributed by atoms with Gasteiger partial charge in [0.15, 0.2) is 23.0 Å². The van der Waals surface area contributed by atoms with E-state index < -0.39 is 0 Å². The molecule has 1 aliphatic heterocycles. The van der Waals surface area contributed by atoms with Crippen LogP contribution in [0.15, 0.2) is 59.5 Å². The number of nitrogens with zero attached hydrogens (tertiary/aromatic N) is 6. The van der Waals surface area contributed by atoms with E-state index in [9.17, 15) is 0 Å². The molecule has 0 unspecified atom stereocenters. The highest BCUT2D eigenvalue weighted by atomic mass is 16.5. The van der Waals surface area contributed by atoms with Crippen LogP contribution in [0.4, 0.5) is 5.82 Å². The van der Waals surface area contributed by atoms with Crippen LogP contribution in [0.25, 0.3) is 39.8 Å². The number of imidazole rings is 1. The second-order valence-corrected chi connectivity index (χ2v) is 7.75. The van der Waals surface area contributed by atoms with E-state index >= 15 is 0 Å². The van der Waals surface area contributed by atoms with Gasteiger partial charge in [-0.05, 0) is 12.5 Å². The lowest BCUT2D eigenvalue weighted by Crippen LogP contribution is -2.37. The van der Waals surface area contributed by atoms with Gasteiger partial charge in [-0.3, -0.25) is 0 Å². The molecule has 160 valence electrons. The average Bonchev–Trinajstić information content (AvgIpc) is 3.59. The van der Waals surface area contributed by atoms with Gasteiger partial charge >= 0.3 is 0 Å². The summed E-state index contributed by atoms with van der Waals surface area (Å²) in [7, 11) is 0. The number of hydrogen-bond acceptors (Lipinski definition) is 7. The largest absolute Gasteiger partial charge is 0.447 e. The second kappa shape index (κ2) is 7.61. The molecule has 1 saturated heterocycles. The Morgan fingerprint density at radius 1 is 1.06 bits per heavy atom. The first-order chi connectivity index (χ1) is 15.7. The zero-order valence-electron chi connectivity index (χ0n) is 17.5. The molecule has 6 rings (SSSR count). The number of aromatic nitrogens is 6. The molecule has 9 nitrogen and oxygen atoms in total. The van der Waals surface area contributed by atoms with Crippen LogP contribution in [-0.4, -0.2) is 56.0 Å². The summed E-state index contributed by atoms with van der Waals surface area (Å²) in [4.78, 5) is 19.1. The molecule has 0 radical (unpaired) electrons. The van der Waals surface area contributed by atoms with E-state index in [4.69, 9.17) is 19.1 Å². The number of H-pyrrole nitrogens is 1. The number of fused-ring (bicyclic) bond motifs is 1. The topological polar surface area (TPSA) is 97.9 Å². The smallest absolute Gasteiger partial charge is 0.253 e. The number of aromatic amines is 1. The summed E-state index contributed by atoms with van der Waals surface area (Å²) in [6.07, 6.45) is 7.24. The summed E-state index contributed by atoms with van der Waals surface area (Å²) < 4.78 is 13.4. The summed E-state index contributed by atoms with van der Waals surface area (Å²) in [5.74, 6) is 2.49. The van der Waals surface area contributed by atoms with Crippen molar-refractivity contribution in [2.24, 2.45) is 0 Å². The lowest BCUT2D eigenvalue weighted by Gasteiger charge is -2.27. The summed E-state index contributed by atoms with van der Waals surface area (Å²) in [5.41, 5.74) is 4.65. The Bertz CT molecular complexity index is 1380. The number of nitrogens with one attached hydrogen (secondary N) is 1. The van der Waals surface area contributed by atoms with E-state index in [1.807, 2.05) is 24.5 Å². The minimum absolute atomic E-state index is 0.490. The Kier molecular flexibility index (Phi) is 4.46. The Morgan fingerprint density at radius 2 is 1.97 bits per heavy atom. The number of ether oxygens (including phenoxy) is 1. The van der Waals surface area contributed by atoms with Gasteiger partial charge in [0, 0.05) is 43.3 Å². The molecule has 32 heavy (non-hydrogen) atoms. The fourth-order valence-electron chi connectivity index (χ4n) is 3.92.